The summed E-state index contributed by atoms with van der Waals surface area (Å²) in [6, 6.07) is 4.14. The highest BCUT2D eigenvalue weighted by Crippen LogP contribution is 2.22. The molecule has 0 aliphatic carbocycles. The maximum absolute atomic E-state index is 12.4. The van der Waals surface area contributed by atoms with Gasteiger partial charge in [0.05, 0.1) is 6.10 Å². The number of carbonyl (C=O) groups excluding carboxylic acids is 1. The predicted molar refractivity (Wildman–Crippen MR) is 85.7 cm³/mol. The number of amides is 1. The fourth-order valence-corrected chi connectivity index (χ4v) is 3.37. The average Bonchev–Trinajstić information content (AvgIpc) is 2.37. The molecule has 0 radical (unpaired) electrons. The summed E-state index contributed by atoms with van der Waals surface area (Å²) in [7, 11) is 0. The fraction of sp³-hybridized carbons (Fsp3) is 0.611. The summed E-state index contributed by atoms with van der Waals surface area (Å²) in [5.74, 6) is 0.736. The molecule has 1 aliphatic rings. The van der Waals surface area contributed by atoms with Crippen LogP contribution in [0.2, 0.25) is 0 Å². The minimum atomic E-state index is 0.0603. The van der Waals surface area contributed by atoms with Crippen molar-refractivity contribution in [2.75, 3.05) is 13.2 Å². The lowest BCUT2D eigenvalue weighted by Gasteiger charge is -2.27. The Morgan fingerprint density at radius 3 is 2.57 bits per heavy atom. The van der Waals surface area contributed by atoms with Crippen LogP contribution in [-0.4, -0.2) is 25.2 Å². The number of aryl methyl sites for hydroxylation is 3. The summed E-state index contributed by atoms with van der Waals surface area (Å²) in [6.45, 7) is 9.82. The maximum atomic E-state index is 12.4. The second-order valence-corrected chi connectivity index (χ2v) is 6.39. The van der Waals surface area contributed by atoms with E-state index in [1.165, 1.54) is 5.56 Å². The summed E-state index contributed by atoms with van der Waals surface area (Å²) < 4.78 is 5.56. The van der Waals surface area contributed by atoms with E-state index < -0.39 is 0 Å². The fourth-order valence-electron chi connectivity index (χ4n) is 3.37. The van der Waals surface area contributed by atoms with Crippen LogP contribution in [0.4, 0.5) is 0 Å². The Morgan fingerprint density at radius 1 is 1.29 bits per heavy atom. The molecule has 3 heteroatoms. The largest absolute Gasteiger partial charge is 0.378 e. The van der Waals surface area contributed by atoms with E-state index in [0.29, 0.717) is 12.0 Å². The van der Waals surface area contributed by atoms with Crippen molar-refractivity contribution in [3.8, 4) is 0 Å². The molecule has 0 unspecified atom stereocenters. The number of rotatable bonds is 4. The van der Waals surface area contributed by atoms with E-state index >= 15 is 0 Å². The molecular formula is C18H27NO2. The summed E-state index contributed by atoms with van der Waals surface area (Å²) in [5.41, 5.74) is 4.16. The van der Waals surface area contributed by atoms with Gasteiger partial charge in [-0.15, -0.1) is 0 Å². The minimum Gasteiger partial charge on any atom is -0.378 e. The van der Waals surface area contributed by atoms with Gasteiger partial charge in [0.1, 0.15) is 0 Å². The summed E-state index contributed by atoms with van der Waals surface area (Å²) >= 11 is 0. The van der Waals surface area contributed by atoms with E-state index in [4.69, 9.17) is 4.74 Å². The van der Waals surface area contributed by atoms with Crippen LogP contribution >= 0.6 is 0 Å². The lowest BCUT2D eigenvalue weighted by molar-refractivity contribution is 0.00109. The molecule has 1 heterocycles. The number of hydrogen-bond acceptors (Lipinski definition) is 2. The van der Waals surface area contributed by atoms with Crippen LogP contribution in [-0.2, 0) is 4.74 Å². The van der Waals surface area contributed by atoms with E-state index in [2.05, 4.69) is 31.3 Å². The Morgan fingerprint density at radius 2 is 1.95 bits per heavy atom. The van der Waals surface area contributed by atoms with Crippen LogP contribution in [0.25, 0.3) is 0 Å². The van der Waals surface area contributed by atoms with Gasteiger partial charge in [0, 0.05) is 18.7 Å². The quantitative estimate of drug-likeness (QED) is 0.920. The molecule has 1 aromatic rings. The van der Waals surface area contributed by atoms with E-state index in [-0.39, 0.29) is 5.91 Å². The Kier molecular flexibility index (Phi) is 5.40. The zero-order valence-electron chi connectivity index (χ0n) is 13.7. The van der Waals surface area contributed by atoms with Gasteiger partial charge in [-0.25, -0.2) is 0 Å². The van der Waals surface area contributed by atoms with Crippen LogP contribution in [0, 0.1) is 26.7 Å². The van der Waals surface area contributed by atoms with Crippen molar-refractivity contribution < 1.29 is 9.53 Å². The number of nitrogens with one attached hydrogen (secondary N) is 1. The third kappa shape index (κ3) is 4.31. The maximum Gasteiger partial charge on any atom is 0.251 e. The Bertz CT molecular complexity index is 487. The molecule has 0 saturated carbocycles. The van der Waals surface area contributed by atoms with E-state index in [9.17, 15) is 4.79 Å². The zero-order valence-corrected chi connectivity index (χ0v) is 13.7. The minimum absolute atomic E-state index is 0.0603. The van der Waals surface area contributed by atoms with Gasteiger partial charge in [-0.05, 0) is 64.0 Å². The first-order chi connectivity index (χ1) is 9.97. The smallest absolute Gasteiger partial charge is 0.251 e. The lowest BCUT2D eigenvalue weighted by atomic mass is 9.93. The molecule has 116 valence electrons. The second-order valence-electron chi connectivity index (χ2n) is 6.39. The van der Waals surface area contributed by atoms with Crippen LogP contribution in [0.5, 0.6) is 0 Å². The SMILES string of the molecule is Cc1cc(C)c(C(=O)NCC[C@@H]2CCO[C@H](C)C2)c(C)c1. The predicted octanol–water partition coefficient (Wildman–Crippen LogP) is 3.55. The Balaban J connectivity index is 1.87. The molecule has 1 saturated heterocycles. The van der Waals surface area contributed by atoms with Crippen molar-refractivity contribution in [1.29, 1.82) is 0 Å². The van der Waals surface area contributed by atoms with Gasteiger partial charge >= 0.3 is 0 Å². The monoisotopic (exact) mass is 289 g/mol. The molecule has 2 rings (SSSR count). The first-order valence-electron chi connectivity index (χ1n) is 7.95. The van der Waals surface area contributed by atoms with Crippen molar-refractivity contribution >= 4 is 5.91 Å². The molecule has 1 fully saturated rings. The third-order valence-corrected chi connectivity index (χ3v) is 4.34. The lowest BCUT2D eigenvalue weighted by Crippen LogP contribution is -2.30. The van der Waals surface area contributed by atoms with Crippen molar-refractivity contribution in [2.24, 2.45) is 5.92 Å². The highest BCUT2D eigenvalue weighted by Gasteiger charge is 2.19. The van der Waals surface area contributed by atoms with E-state index in [1.54, 1.807) is 0 Å². The number of benzene rings is 1. The molecule has 21 heavy (non-hydrogen) atoms. The van der Waals surface area contributed by atoms with Crippen molar-refractivity contribution in [2.45, 2.75) is 53.1 Å². The van der Waals surface area contributed by atoms with Gasteiger partial charge in [-0.1, -0.05) is 17.7 Å². The normalized spacial score (nSPS) is 22.1. The molecule has 1 amide bonds. The van der Waals surface area contributed by atoms with E-state index in [0.717, 1.165) is 49.1 Å². The second kappa shape index (κ2) is 7.08. The highest BCUT2D eigenvalue weighted by molar-refractivity contribution is 5.97. The van der Waals surface area contributed by atoms with Gasteiger partial charge < -0.3 is 10.1 Å². The van der Waals surface area contributed by atoms with Crippen molar-refractivity contribution in [1.82, 2.24) is 5.32 Å². The molecule has 3 nitrogen and oxygen atoms in total. The molecule has 0 spiro atoms. The Labute approximate surface area is 128 Å². The van der Waals surface area contributed by atoms with Gasteiger partial charge in [0.2, 0.25) is 0 Å². The summed E-state index contributed by atoms with van der Waals surface area (Å²) in [4.78, 5) is 12.4. The van der Waals surface area contributed by atoms with Crippen molar-refractivity contribution in [3.63, 3.8) is 0 Å². The molecule has 1 N–H and O–H groups in total. The topological polar surface area (TPSA) is 38.3 Å². The van der Waals surface area contributed by atoms with Gasteiger partial charge in [0.25, 0.3) is 5.91 Å². The van der Waals surface area contributed by atoms with E-state index in [1.807, 2.05) is 13.8 Å². The molecule has 0 aromatic heterocycles. The van der Waals surface area contributed by atoms with Crippen LogP contribution in [0.1, 0.15) is 53.2 Å². The van der Waals surface area contributed by atoms with Crippen LogP contribution in [0.3, 0.4) is 0 Å². The molecule has 2 atom stereocenters. The summed E-state index contributed by atoms with van der Waals surface area (Å²) in [6.07, 6.45) is 3.63. The number of carbonyl (C=O) groups is 1. The van der Waals surface area contributed by atoms with Crippen molar-refractivity contribution in [3.05, 3.63) is 34.4 Å². The first-order valence-corrected chi connectivity index (χ1v) is 7.95. The third-order valence-electron chi connectivity index (χ3n) is 4.34. The molecular weight excluding hydrogens is 262 g/mol. The highest BCUT2D eigenvalue weighted by atomic mass is 16.5. The number of ether oxygens (including phenoxy) is 1. The average molecular weight is 289 g/mol. The van der Waals surface area contributed by atoms with Crippen LogP contribution in [0.15, 0.2) is 12.1 Å². The first kappa shape index (κ1) is 16.0. The van der Waals surface area contributed by atoms with Crippen LogP contribution < -0.4 is 5.32 Å². The standard InChI is InChI=1S/C18H27NO2/c1-12-9-13(2)17(14(3)10-12)18(20)19-7-5-16-6-8-21-15(4)11-16/h9-10,15-16H,5-8,11H2,1-4H3,(H,19,20)/t15-,16-/m1/s1. The zero-order chi connectivity index (χ0) is 15.4. The molecule has 1 aromatic carbocycles. The van der Waals surface area contributed by atoms with Gasteiger partial charge in [-0.3, -0.25) is 4.79 Å². The Hall–Kier alpha value is -1.35. The number of hydrogen-bond donors (Lipinski definition) is 1. The van der Waals surface area contributed by atoms with Gasteiger partial charge in [0.15, 0.2) is 0 Å². The summed E-state index contributed by atoms with van der Waals surface area (Å²) in [5, 5.41) is 3.08. The van der Waals surface area contributed by atoms with Gasteiger partial charge in [-0.2, -0.15) is 0 Å². The molecule has 0 bridgehead atoms. The molecule has 1 aliphatic heterocycles.